The second kappa shape index (κ2) is 7.45. The van der Waals surface area contributed by atoms with Gasteiger partial charge in [-0.15, -0.1) is 0 Å². The van der Waals surface area contributed by atoms with E-state index in [1.165, 1.54) is 22.8 Å². The third-order valence-corrected chi connectivity index (χ3v) is 6.26. The molecule has 0 radical (unpaired) electrons. The highest BCUT2D eigenvalue weighted by atomic mass is 16.3. The van der Waals surface area contributed by atoms with Crippen LogP contribution in [0.1, 0.15) is 43.6 Å². The van der Waals surface area contributed by atoms with Gasteiger partial charge in [0.05, 0.1) is 6.10 Å². The van der Waals surface area contributed by atoms with Crippen LogP contribution >= 0.6 is 0 Å². The van der Waals surface area contributed by atoms with Crippen molar-refractivity contribution in [2.45, 2.75) is 50.2 Å². The standard InChI is InChI=1S/C22H30N2O/c23-19-11-12-24(14-19)15-21(20-7-3-4-8-22(20)25)18-10-9-16-5-1-2-6-17(16)13-18/h1-2,5-6,9-10,13,19-22,25H,3-4,7-8,11-12,14-15,23H2/t19-,20?,21?,22?/m1/s1. The average molecular weight is 338 g/mol. The Kier molecular flexibility index (Phi) is 5.07. The lowest BCUT2D eigenvalue weighted by Crippen LogP contribution is -2.37. The number of rotatable bonds is 4. The molecule has 2 aromatic rings. The Balaban J connectivity index is 1.64. The highest BCUT2D eigenvalue weighted by Gasteiger charge is 2.34. The smallest absolute Gasteiger partial charge is 0.0574 e. The maximum absolute atomic E-state index is 10.7. The summed E-state index contributed by atoms with van der Waals surface area (Å²) >= 11 is 0. The number of aliphatic hydroxyl groups excluding tert-OH is 1. The van der Waals surface area contributed by atoms with Crippen molar-refractivity contribution in [3.8, 4) is 0 Å². The summed E-state index contributed by atoms with van der Waals surface area (Å²) in [6.45, 7) is 3.11. The molecule has 134 valence electrons. The van der Waals surface area contributed by atoms with Crippen molar-refractivity contribution >= 4 is 10.8 Å². The number of nitrogens with zero attached hydrogens (tertiary/aromatic N) is 1. The Morgan fingerprint density at radius 1 is 1.04 bits per heavy atom. The van der Waals surface area contributed by atoms with Gasteiger partial charge in [-0.3, -0.25) is 0 Å². The van der Waals surface area contributed by atoms with Crippen molar-refractivity contribution in [3.63, 3.8) is 0 Å². The number of hydrogen-bond donors (Lipinski definition) is 2. The van der Waals surface area contributed by atoms with E-state index < -0.39 is 0 Å². The van der Waals surface area contributed by atoms with Crippen LogP contribution in [0.3, 0.4) is 0 Å². The molecule has 0 bridgehead atoms. The number of hydrogen-bond acceptors (Lipinski definition) is 3. The topological polar surface area (TPSA) is 49.5 Å². The molecule has 0 amide bonds. The molecule has 3 N–H and O–H groups in total. The maximum Gasteiger partial charge on any atom is 0.0574 e. The number of likely N-dealkylation sites (tertiary alicyclic amines) is 1. The molecule has 3 nitrogen and oxygen atoms in total. The van der Waals surface area contributed by atoms with Crippen LogP contribution in [0.4, 0.5) is 0 Å². The highest BCUT2D eigenvalue weighted by Crippen LogP contribution is 2.38. The average Bonchev–Trinajstić information content (AvgIpc) is 3.05. The summed E-state index contributed by atoms with van der Waals surface area (Å²) in [4.78, 5) is 2.51. The molecule has 1 saturated heterocycles. The van der Waals surface area contributed by atoms with E-state index in [-0.39, 0.29) is 6.10 Å². The molecule has 1 saturated carbocycles. The lowest BCUT2D eigenvalue weighted by molar-refractivity contribution is 0.0476. The molecule has 0 spiro atoms. The predicted octanol–water partition coefficient (Wildman–Crippen LogP) is 3.51. The fraction of sp³-hybridized carbons (Fsp3) is 0.545. The van der Waals surface area contributed by atoms with Crippen LogP contribution in [0.15, 0.2) is 42.5 Å². The van der Waals surface area contributed by atoms with Crippen molar-refractivity contribution in [1.82, 2.24) is 4.90 Å². The zero-order valence-electron chi connectivity index (χ0n) is 15.0. The first-order valence-electron chi connectivity index (χ1n) is 9.85. The van der Waals surface area contributed by atoms with Gasteiger partial charge in [-0.1, -0.05) is 55.3 Å². The van der Waals surface area contributed by atoms with Crippen LogP contribution in [0.2, 0.25) is 0 Å². The van der Waals surface area contributed by atoms with Crippen LogP contribution in [0.25, 0.3) is 10.8 Å². The Morgan fingerprint density at radius 2 is 1.84 bits per heavy atom. The quantitative estimate of drug-likeness (QED) is 0.897. The molecule has 0 aromatic heterocycles. The largest absolute Gasteiger partial charge is 0.393 e. The fourth-order valence-electron chi connectivity index (χ4n) is 4.84. The van der Waals surface area contributed by atoms with Gasteiger partial charge in [0.25, 0.3) is 0 Å². The van der Waals surface area contributed by atoms with E-state index in [0.717, 1.165) is 45.3 Å². The van der Waals surface area contributed by atoms with Gasteiger partial charge in [-0.2, -0.15) is 0 Å². The molecular weight excluding hydrogens is 308 g/mol. The van der Waals surface area contributed by atoms with Crippen LogP contribution in [-0.4, -0.2) is 41.8 Å². The number of fused-ring (bicyclic) bond motifs is 1. The molecule has 4 atom stereocenters. The first-order valence-corrected chi connectivity index (χ1v) is 9.85. The van der Waals surface area contributed by atoms with E-state index in [9.17, 15) is 5.11 Å². The minimum absolute atomic E-state index is 0.165. The molecule has 4 rings (SSSR count). The van der Waals surface area contributed by atoms with Crippen molar-refractivity contribution in [3.05, 3.63) is 48.0 Å². The SMILES string of the molecule is N[C@@H]1CCN(CC(c2ccc3ccccc3c2)C2CCCCC2O)C1. The normalized spacial score (nSPS) is 29.1. The first-order chi connectivity index (χ1) is 12.2. The van der Waals surface area contributed by atoms with Crippen LogP contribution in [-0.2, 0) is 0 Å². The zero-order chi connectivity index (χ0) is 17.2. The molecule has 2 aromatic carbocycles. The third-order valence-electron chi connectivity index (χ3n) is 6.26. The van der Waals surface area contributed by atoms with Gasteiger partial charge in [-0.05, 0) is 48.1 Å². The minimum atomic E-state index is -0.165. The summed E-state index contributed by atoms with van der Waals surface area (Å²) in [5, 5.41) is 13.3. The number of nitrogens with two attached hydrogens (primary N) is 1. The first kappa shape index (κ1) is 17.0. The molecular formula is C22H30N2O. The maximum atomic E-state index is 10.7. The summed E-state index contributed by atoms with van der Waals surface area (Å²) in [7, 11) is 0. The van der Waals surface area contributed by atoms with Crippen LogP contribution < -0.4 is 5.73 Å². The lowest BCUT2D eigenvalue weighted by Gasteiger charge is -2.37. The Labute approximate surface area is 150 Å². The predicted molar refractivity (Wildman–Crippen MR) is 104 cm³/mol. The second-order valence-electron chi connectivity index (χ2n) is 8.04. The van der Waals surface area contributed by atoms with Crippen molar-refractivity contribution < 1.29 is 5.11 Å². The second-order valence-corrected chi connectivity index (χ2v) is 8.04. The molecule has 2 aliphatic rings. The Hall–Kier alpha value is -1.42. The van der Waals surface area contributed by atoms with Gasteiger partial charge in [0.15, 0.2) is 0 Å². The van der Waals surface area contributed by atoms with E-state index in [2.05, 4.69) is 47.4 Å². The molecule has 25 heavy (non-hydrogen) atoms. The lowest BCUT2D eigenvalue weighted by atomic mass is 9.74. The van der Waals surface area contributed by atoms with Gasteiger partial charge >= 0.3 is 0 Å². The fourth-order valence-corrected chi connectivity index (χ4v) is 4.84. The summed E-state index contributed by atoms with van der Waals surface area (Å²) < 4.78 is 0. The minimum Gasteiger partial charge on any atom is -0.393 e. The van der Waals surface area contributed by atoms with E-state index >= 15 is 0 Å². The van der Waals surface area contributed by atoms with Gasteiger partial charge < -0.3 is 15.7 Å². The van der Waals surface area contributed by atoms with Crippen molar-refractivity contribution in [2.75, 3.05) is 19.6 Å². The van der Waals surface area contributed by atoms with Gasteiger partial charge in [-0.25, -0.2) is 0 Å². The summed E-state index contributed by atoms with van der Waals surface area (Å²) in [5.74, 6) is 0.761. The number of benzene rings is 2. The van der Waals surface area contributed by atoms with E-state index in [4.69, 9.17) is 5.73 Å². The van der Waals surface area contributed by atoms with Gasteiger partial charge in [0, 0.05) is 25.0 Å². The van der Waals surface area contributed by atoms with E-state index in [0.29, 0.717) is 17.9 Å². The van der Waals surface area contributed by atoms with E-state index in [1.807, 2.05) is 0 Å². The Morgan fingerprint density at radius 3 is 2.60 bits per heavy atom. The highest BCUT2D eigenvalue weighted by molar-refractivity contribution is 5.83. The Bertz CT molecular complexity index is 716. The molecule has 3 unspecified atom stereocenters. The van der Waals surface area contributed by atoms with E-state index in [1.54, 1.807) is 0 Å². The number of aliphatic hydroxyl groups is 1. The van der Waals surface area contributed by atoms with Gasteiger partial charge in [0.1, 0.15) is 0 Å². The summed E-state index contributed by atoms with van der Waals surface area (Å²) in [6, 6.07) is 15.7. The molecule has 3 heteroatoms. The van der Waals surface area contributed by atoms with Crippen LogP contribution in [0.5, 0.6) is 0 Å². The molecule has 2 fully saturated rings. The molecule has 1 aliphatic carbocycles. The molecule has 1 heterocycles. The summed E-state index contributed by atoms with van der Waals surface area (Å²) in [5.41, 5.74) is 7.51. The van der Waals surface area contributed by atoms with Crippen LogP contribution in [0, 0.1) is 5.92 Å². The third kappa shape index (κ3) is 3.74. The van der Waals surface area contributed by atoms with Crippen molar-refractivity contribution in [1.29, 1.82) is 0 Å². The molecule has 1 aliphatic heterocycles. The monoisotopic (exact) mass is 338 g/mol. The zero-order valence-corrected chi connectivity index (χ0v) is 15.0. The summed E-state index contributed by atoms with van der Waals surface area (Å²) in [6.07, 6.45) is 5.42. The van der Waals surface area contributed by atoms with Crippen molar-refractivity contribution in [2.24, 2.45) is 11.7 Å². The van der Waals surface area contributed by atoms with Gasteiger partial charge in [0.2, 0.25) is 0 Å².